The van der Waals surface area contributed by atoms with Crippen molar-refractivity contribution in [3.63, 3.8) is 0 Å². The second kappa shape index (κ2) is 11.6. The summed E-state index contributed by atoms with van der Waals surface area (Å²) in [6, 6.07) is 16.5. The summed E-state index contributed by atoms with van der Waals surface area (Å²) in [5.41, 5.74) is 4.28. The topological polar surface area (TPSA) is 65.0 Å². The third-order valence-corrected chi connectivity index (χ3v) is 7.89. The minimum atomic E-state index is 0.0966. The van der Waals surface area contributed by atoms with Gasteiger partial charge in [-0.15, -0.1) is 15.3 Å². The van der Waals surface area contributed by atoms with E-state index in [0.717, 1.165) is 41.1 Å². The van der Waals surface area contributed by atoms with Gasteiger partial charge in [-0.2, -0.15) is 5.11 Å². The van der Waals surface area contributed by atoms with Crippen LogP contribution in [-0.4, -0.2) is 28.9 Å². The lowest BCUT2D eigenvalue weighted by atomic mass is 10.1. The molecular weight excluding hydrogens is 448 g/mol. The van der Waals surface area contributed by atoms with Crippen LogP contribution in [0.15, 0.2) is 85.1 Å². The van der Waals surface area contributed by atoms with Crippen LogP contribution >= 0.6 is 23.5 Å². The van der Waals surface area contributed by atoms with Gasteiger partial charge in [-0.3, -0.25) is 0 Å². The zero-order valence-electron chi connectivity index (χ0n) is 19.4. The highest BCUT2D eigenvalue weighted by Gasteiger charge is 2.35. The first-order valence-electron chi connectivity index (χ1n) is 11.6. The molecule has 0 aliphatic carbocycles. The summed E-state index contributed by atoms with van der Waals surface area (Å²) >= 11 is 3.27. The van der Waals surface area contributed by atoms with Crippen molar-refractivity contribution < 1.29 is 0 Å². The van der Waals surface area contributed by atoms with Crippen molar-refractivity contribution in [1.82, 2.24) is 0 Å². The minimum Gasteiger partial charge on any atom is -0.372 e. The maximum Gasteiger partial charge on any atom is 0.206 e. The van der Waals surface area contributed by atoms with Crippen molar-refractivity contribution >= 4 is 45.8 Å². The number of unbranched alkanes of at least 4 members (excludes halogenated alkanes) is 1. The van der Waals surface area contributed by atoms with E-state index in [1.165, 1.54) is 24.1 Å². The predicted molar refractivity (Wildman–Crippen MR) is 142 cm³/mol. The number of nitrogens with zero attached hydrogens (tertiary/aromatic N) is 6. The van der Waals surface area contributed by atoms with Gasteiger partial charge in [0.15, 0.2) is 0 Å². The van der Waals surface area contributed by atoms with E-state index in [-0.39, 0.29) is 10.6 Å². The molecule has 33 heavy (non-hydrogen) atoms. The van der Waals surface area contributed by atoms with Crippen LogP contribution in [-0.2, 0) is 6.42 Å². The highest BCUT2D eigenvalue weighted by Crippen LogP contribution is 2.45. The Balaban J connectivity index is 1.29. The molecule has 0 spiro atoms. The van der Waals surface area contributed by atoms with Crippen molar-refractivity contribution in [1.29, 1.82) is 0 Å². The second-order valence-electron chi connectivity index (χ2n) is 7.87. The average Bonchev–Trinajstić information content (AvgIpc) is 3.41. The number of anilines is 1. The zero-order chi connectivity index (χ0) is 23.0. The van der Waals surface area contributed by atoms with Crippen LogP contribution in [0.1, 0.15) is 39.2 Å². The first-order valence-corrected chi connectivity index (χ1v) is 13.3. The molecule has 6 nitrogen and oxygen atoms in total. The van der Waals surface area contributed by atoms with Gasteiger partial charge in [-0.1, -0.05) is 49.0 Å². The quantitative estimate of drug-likeness (QED) is 0.342. The van der Waals surface area contributed by atoms with Crippen LogP contribution in [0.2, 0.25) is 0 Å². The lowest BCUT2D eigenvalue weighted by molar-refractivity contribution is 0.795. The van der Waals surface area contributed by atoms with E-state index in [1.807, 2.05) is 24.3 Å². The molecular formula is C25H30N6S2. The van der Waals surface area contributed by atoms with Gasteiger partial charge < -0.3 is 4.90 Å². The fourth-order valence-electron chi connectivity index (χ4n) is 3.65. The molecule has 0 fully saturated rings. The number of aliphatic imine (C=N–C) groups is 1. The second-order valence-corrected chi connectivity index (χ2v) is 10.1. The van der Waals surface area contributed by atoms with E-state index >= 15 is 0 Å². The molecule has 2 aliphatic rings. The van der Waals surface area contributed by atoms with Crippen LogP contribution < -0.4 is 4.90 Å². The molecule has 2 aromatic rings. The summed E-state index contributed by atoms with van der Waals surface area (Å²) < 4.78 is 0. The molecule has 172 valence electrons. The fraction of sp³-hybridized carbons (Fsp3) is 0.400. The number of aryl methyl sites for hydroxylation is 1. The third kappa shape index (κ3) is 6.32. The number of benzene rings is 2. The van der Waals surface area contributed by atoms with Gasteiger partial charge in [-0.05, 0) is 74.7 Å². The predicted octanol–water partition coefficient (Wildman–Crippen LogP) is 8.13. The summed E-state index contributed by atoms with van der Waals surface area (Å²) in [5.74, 6) is 0. The van der Waals surface area contributed by atoms with Crippen LogP contribution in [0, 0.1) is 0 Å². The Bertz CT molecular complexity index is 1040. The van der Waals surface area contributed by atoms with Crippen molar-refractivity contribution in [3.05, 3.63) is 65.2 Å². The van der Waals surface area contributed by atoms with E-state index in [4.69, 9.17) is 4.99 Å². The molecule has 0 N–H and O–H groups in total. The summed E-state index contributed by atoms with van der Waals surface area (Å²) in [6.07, 6.45) is 5.68. The van der Waals surface area contributed by atoms with Crippen molar-refractivity contribution in [2.75, 3.05) is 18.0 Å². The highest BCUT2D eigenvalue weighted by molar-refractivity contribution is 8.16. The zero-order valence-corrected chi connectivity index (χ0v) is 21.0. The van der Waals surface area contributed by atoms with Crippen LogP contribution in [0.3, 0.4) is 0 Å². The SMILES string of the molecule is CCCCc1ccc(/N=N/C2=CC3SC(/N=N/c4ccc(N(CC)CC)cc4)=NC3S2)cc1. The molecule has 0 radical (unpaired) electrons. The van der Waals surface area contributed by atoms with Crippen molar-refractivity contribution in [2.24, 2.45) is 25.4 Å². The molecule has 0 bridgehead atoms. The van der Waals surface area contributed by atoms with E-state index in [1.54, 1.807) is 23.5 Å². The maximum absolute atomic E-state index is 4.70. The van der Waals surface area contributed by atoms with Crippen LogP contribution in [0.4, 0.5) is 17.1 Å². The Morgan fingerprint density at radius 1 is 0.818 bits per heavy atom. The molecule has 0 aromatic heterocycles. The van der Waals surface area contributed by atoms with E-state index in [2.05, 4.69) is 76.5 Å². The van der Waals surface area contributed by atoms with Gasteiger partial charge in [0.05, 0.1) is 16.6 Å². The Morgan fingerprint density at radius 3 is 2.12 bits per heavy atom. The van der Waals surface area contributed by atoms with Crippen LogP contribution in [0.25, 0.3) is 0 Å². The smallest absolute Gasteiger partial charge is 0.206 e. The van der Waals surface area contributed by atoms with E-state index in [0.29, 0.717) is 0 Å². The molecule has 0 amide bonds. The molecule has 2 unspecified atom stereocenters. The highest BCUT2D eigenvalue weighted by atomic mass is 32.2. The Kier molecular flexibility index (Phi) is 8.34. The van der Waals surface area contributed by atoms with Crippen LogP contribution in [0.5, 0.6) is 0 Å². The minimum absolute atomic E-state index is 0.0966. The lowest BCUT2D eigenvalue weighted by Gasteiger charge is -2.20. The van der Waals surface area contributed by atoms with E-state index in [9.17, 15) is 0 Å². The molecule has 2 aromatic carbocycles. The molecule has 2 aliphatic heterocycles. The maximum atomic E-state index is 4.70. The Hall–Kier alpha value is -2.45. The molecule has 4 rings (SSSR count). The largest absolute Gasteiger partial charge is 0.372 e. The molecule has 2 heterocycles. The third-order valence-electron chi connectivity index (χ3n) is 5.56. The van der Waals surface area contributed by atoms with Gasteiger partial charge in [0.1, 0.15) is 10.4 Å². The number of azo groups is 2. The summed E-state index contributed by atoms with van der Waals surface area (Å²) in [5, 5.41) is 19.5. The van der Waals surface area contributed by atoms with Crippen molar-refractivity contribution in [2.45, 2.75) is 50.7 Å². The van der Waals surface area contributed by atoms with Gasteiger partial charge in [-0.25, -0.2) is 4.99 Å². The molecule has 8 heteroatoms. The molecule has 2 atom stereocenters. The number of fused-ring (bicyclic) bond motifs is 1. The number of rotatable bonds is 9. The first kappa shape index (κ1) is 23.7. The number of hydrogen-bond acceptors (Lipinski definition) is 8. The van der Waals surface area contributed by atoms with Gasteiger partial charge in [0.2, 0.25) is 5.17 Å². The summed E-state index contributed by atoms with van der Waals surface area (Å²) in [4.78, 5) is 7.01. The molecule has 0 saturated carbocycles. The van der Waals surface area contributed by atoms with Crippen molar-refractivity contribution in [3.8, 4) is 0 Å². The fourth-order valence-corrected chi connectivity index (χ4v) is 5.94. The first-order chi connectivity index (χ1) is 16.2. The number of amidine groups is 1. The lowest BCUT2D eigenvalue weighted by Crippen LogP contribution is -2.21. The Labute approximate surface area is 204 Å². The monoisotopic (exact) mass is 478 g/mol. The number of hydrogen-bond donors (Lipinski definition) is 0. The standard InChI is InChI=1S/C25H30N6S2/c1-4-7-8-18-9-11-19(12-10-18)27-29-23-17-22-24(33-23)26-25(32-22)30-28-20-13-15-21(16-14-20)31(5-2)6-3/h9-17,22,24H,4-8H2,1-3H3/b29-27+,30-28+. The summed E-state index contributed by atoms with van der Waals surface area (Å²) in [6.45, 7) is 8.52. The summed E-state index contributed by atoms with van der Waals surface area (Å²) in [7, 11) is 0. The normalized spacial score (nSPS) is 19.8. The van der Waals surface area contributed by atoms with Gasteiger partial charge >= 0.3 is 0 Å². The average molecular weight is 479 g/mol. The molecule has 0 saturated heterocycles. The van der Waals surface area contributed by atoms with Gasteiger partial charge in [0, 0.05) is 18.8 Å². The van der Waals surface area contributed by atoms with E-state index < -0.39 is 0 Å². The van der Waals surface area contributed by atoms with Gasteiger partial charge in [0.25, 0.3) is 0 Å². The number of thioether (sulfide) groups is 2. The Morgan fingerprint density at radius 2 is 1.48 bits per heavy atom.